The monoisotopic (exact) mass is 383 g/mol. The van der Waals surface area contributed by atoms with Crippen LogP contribution in [0, 0.1) is 5.82 Å². The number of oxazole rings is 1. The molecule has 0 spiro atoms. The summed E-state index contributed by atoms with van der Waals surface area (Å²) in [4.78, 5) is 4.53. The largest absolute Gasteiger partial charge is 0.436 e. The van der Waals surface area contributed by atoms with E-state index >= 15 is 0 Å². The van der Waals surface area contributed by atoms with Gasteiger partial charge in [0.25, 0.3) is 0 Å². The summed E-state index contributed by atoms with van der Waals surface area (Å²) >= 11 is 3.53. The molecule has 0 aliphatic carbocycles. The fraction of sp³-hybridized carbons (Fsp3) is 0.0526. The van der Waals surface area contributed by atoms with Gasteiger partial charge in [-0.25, -0.2) is 9.37 Å². The Morgan fingerprint density at radius 3 is 2.62 bits per heavy atom. The molecule has 118 valence electrons. The van der Waals surface area contributed by atoms with Crippen molar-refractivity contribution in [1.29, 1.82) is 0 Å². The summed E-state index contributed by atoms with van der Waals surface area (Å²) in [5, 5.41) is 0. The normalized spacial score (nSPS) is 11.1. The second-order valence-electron chi connectivity index (χ2n) is 5.53. The zero-order valence-electron chi connectivity index (χ0n) is 12.6. The maximum absolute atomic E-state index is 13.0. The third-order valence-electron chi connectivity index (χ3n) is 3.71. The number of benzene rings is 2. The van der Waals surface area contributed by atoms with Gasteiger partial charge in [0, 0.05) is 5.56 Å². The van der Waals surface area contributed by atoms with E-state index in [2.05, 4.69) is 20.9 Å². The number of aromatic nitrogens is 2. The smallest absolute Gasteiger partial charge is 0.233 e. The molecular formula is C19H13BrFN2O+. The van der Waals surface area contributed by atoms with Gasteiger partial charge in [0.15, 0.2) is 24.5 Å². The fourth-order valence-corrected chi connectivity index (χ4v) is 3.11. The van der Waals surface area contributed by atoms with Crippen molar-refractivity contribution in [3.05, 3.63) is 82.8 Å². The minimum atomic E-state index is -0.231. The van der Waals surface area contributed by atoms with Crippen molar-refractivity contribution in [2.75, 3.05) is 0 Å². The lowest BCUT2D eigenvalue weighted by Gasteiger charge is -2.01. The lowest BCUT2D eigenvalue weighted by atomic mass is 10.2. The van der Waals surface area contributed by atoms with Gasteiger partial charge in [0.2, 0.25) is 5.89 Å². The van der Waals surface area contributed by atoms with Crippen molar-refractivity contribution in [3.63, 3.8) is 0 Å². The first-order valence-electron chi connectivity index (χ1n) is 7.47. The van der Waals surface area contributed by atoms with E-state index in [1.807, 2.05) is 47.3 Å². The Labute approximate surface area is 146 Å². The molecule has 0 radical (unpaired) electrons. The van der Waals surface area contributed by atoms with Crippen LogP contribution < -0.4 is 4.57 Å². The molecule has 0 unspecified atom stereocenters. The van der Waals surface area contributed by atoms with Gasteiger partial charge in [0.1, 0.15) is 16.9 Å². The number of halogens is 2. The molecule has 0 saturated heterocycles. The molecule has 0 N–H and O–H groups in total. The molecule has 0 atom stereocenters. The molecule has 0 aliphatic heterocycles. The highest BCUT2D eigenvalue weighted by Gasteiger charge is 2.14. The van der Waals surface area contributed by atoms with Gasteiger partial charge >= 0.3 is 0 Å². The summed E-state index contributed by atoms with van der Waals surface area (Å²) in [6.07, 6.45) is 3.94. The fourth-order valence-electron chi connectivity index (χ4n) is 2.60. The molecule has 3 nitrogen and oxygen atoms in total. The van der Waals surface area contributed by atoms with E-state index in [0.717, 1.165) is 26.7 Å². The SMILES string of the molecule is Fc1ccc(C[n+]2cc(Br)cc(-c3nc4ccccc4o3)c2)cc1. The minimum Gasteiger partial charge on any atom is -0.436 e. The van der Waals surface area contributed by atoms with Crippen molar-refractivity contribution >= 4 is 27.0 Å². The first kappa shape index (κ1) is 15.0. The number of nitrogens with zero attached hydrogens (tertiary/aromatic N) is 2. The molecule has 0 amide bonds. The van der Waals surface area contributed by atoms with Crippen LogP contribution in [0.2, 0.25) is 0 Å². The van der Waals surface area contributed by atoms with E-state index in [0.29, 0.717) is 12.4 Å². The molecule has 2 aromatic carbocycles. The Morgan fingerprint density at radius 2 is 1.83 bits per heavy atom. The minimum absolute atomic E-state index is 0.231. The predicted octanol–water partition coefficient (Wildman–Crippen LogP) is 4.73. The number of para-hydroxylation sites is 2. The molecule has 0 fully saturated rings. The van der Waals surface area contributed by atoms with E-state index in [-0.39, 0.29) is 5.82 Å². The van der Waals surface area contributed by atoms with Crippen LogP contribution in [0.4, 0.5) is 4.39 Å². The molecule has 4 rings (SSSR count). The Bertz CT molecular complexity index is 978. The molecule has 2 heterocycles. The quantitative estimate of drug-likeness (QED) is 0.478. The summed E-state index contributed by atoms with van der Waals surface area (Å²) in [6.45, 7) is 0.632. The standard InChI is InChI=1S/C19H13BrFN2O/c20-15-9-14(19-22-17-3-1-2-4-18(17)24-19)11-23(12-15)10-13-5-7-16(21)8-6-13/h1-9,11-12H,10H2/q+1. The Kier molecular flexibility index (Phi) is 3.86. The summed E-state index contributed by atoms with van der Waals surface area (Å²) in [6, 6.07) is 16.1. The van der Waals surface area contributed by atoms with Gasteiger partial charge in [-0.05, 0) is 58.4 Å². The van der Waals surface area contributed by atoms with Crippen LogP contribution >= 0.6 is 15.9 Å². The van der Waals surface area contributed by atoms with Gasteiger partial charge in [-0.3, -0.25) is 0 Å². The third-order valence-corrected chi connectivity index (χ3v) is 4.14. The first-order chi connectivity index (χ1) is 11.7. The molecule has 0 saturated carbocycles. The number of hydrogen-bond donors (Lipinski definition) is 0. The van der Waals surface area contributed by atoms with Crippen molar-refractivity contribution in [3.8, 4) is 11.5 Å². The Hall–Kier alpha value is -2.53. The first-order valence-corrected chi connectivity index (χ1v) is 8.27. The van der Waals surface area contributed by atoms with Crippen molar-refractivity contribution in [1.82, 2.24) is 4.98 Å². The summed E-state index contributed by atoms with van der Waals surface area (Å²) in [5.74, 6) is 0.343. The van der Waals surface area contributed by atoms with Gasteiger partial charge < -0.3 is 4.42 Å². The lowest BCUT2D eigenvalue weighted by Crippen LogP contribution is -2.33. The van der Waals surface area contributed by atoms with Crippen molar-refractivity contribution in [2.45, 2.75) is 6.54 Å². The third kappa shape index (κ3) is 3.08. The van der Waals surface area contributed by atoms with E-state index < -0.39 is 0 Å². The maximum atomic E-state index is 13.0. The molecule has 2 aromatic heterocycles. The zero-order valence-corrected chi connectivity index (χ0v) is 14.2. The Balaban J connectivity index is 1.71. The zero-order chi connectivity index (χ0) is 16.5. The van der Waals surface area contributed by atoms with Crippen molar-refractivity contribution in [2.24, 2.45) is 0 Å². The second-order valence-corrected chi connectivity index (χ2v) is 6.44. The number of fused-ring (bicyclic) bond motifs is 1. The van der Waals surface area contributed by atoms with E-state index in [9.17, 15) is 4.39 Å². The lowest BCUT2D eigenvalue weighted by molar-refractivity contribution is -0.688. The van der Waals surface area contributed by atoms with Crippen LogP contribution in [0.25, 0.3) is 22.6 Å². The van der Waals surface area contributed by atoms with Gasteiger partial charge in [-0.1, -0.05) is 12.1 Å². The van der Waals surface area contributed by atoms with E-state index in [4.69, 9.17) is 4.42 Å². The highest BCUT2D eigenvalue weighted by molar-refractivity contribution is 9.10. The molecule has 0 bridgehead atoms. The van der Waals surface area contributed by atoms with Crippen LogP contribution in [-0.2, 0) is 6.54 Å². The molecule has 24 heavy (non-hydrogen) atoms. The molecular weight excluding hydrogens is 371 g/mol. The summed E-state index contributed by atoms with van der Waals surface area (Å²) < 4.78 is 21.8. The average molecular weight is 384 g/mol. The van der Waals surface area contributed by atoms with Crippen LogP contribution in [0.3, 0.4) is 0 Å². The highest BCUT2D eigenvalue weighted by atomic mass is 79.9. The molecule has 4 aromatic rings. The van der Waals surface area contributed by atoms with E-state index in [1.54, 1.807) is 12.1 Å². The summed E-state index contributed by atoms with van der Waals surface area (Å²) in [5.41, 5.74) is 3.49. The number of pyridine rings is 1. The van der Waals surface area contributed by atoms with E-state index in [1.165, 1.54) is 12.1 Å². The maximum Gasteiger partial charge on any atom is 0.233 e. The molecule has 0 aliphatic rings. The van der Waals surface area contributed by atoms with Gasteiger partial charge in [0.05, 0.1) is 4.47 Å². The second kappa shape index (κ2) is 6.17. The van der Waals surface area contributed by atoms with Crippen LogP contribution in [0.5, 0.6) is 0 Å². The van der Waals surface area contributed by atoms with Gasteiger partial charge in [-0.15, -0.1) is 0 Å². The molecule has 5 heteroatoms. The van der Waals surface area contributed by atoms with Crippen LogP contribution in [0.15, 0.2) is 75.9 Å². The summed E-state index contributed by atoms with van der Waals surface area (Å²) in [7, 11) is 0. The van der Waals surface area contributed by atoms with Crippen LogP contribution in [-0.4, -0.2) is 4.98 Å². The van der Waals surface area contributed by atoms with Crippen LogP contribution in [0.1, 0.15) is 5.56 Å². The predicted molar refractivity (Wildman–Crippen MR) is 92.8 cm³/mol. The Morgan fingerprint density at radius 1 is 1.04 bits per heavy atom. The van der Waals surface area contributed by atoms with Gasteiger partial charge in [-0.2, -0.15) is 4.57 Å². The average Bonchev–Trinajstić information content (AvgIpc) is 3.01. The number of rotatable bonds is 3. The highest BCUT2D eigenvalue weighted by Crippen LogP contribution is 2.25. The number of hydrogen-bond acceptors (Lipinski definition) is 2. The van der Waals surface area contributed by atoms with Crippen molar-refractivity contribution < 1.29 is 13.4 Å². The topological polar surface area (TPSA) is 29.9 Å².